The lowest BCUT2D eigenvalue weighted by Gasteiger charge is -2.35. The highest BCUT2D eigenvalue weighted by molar-refractivity contribution is 6.33. The molecular weight excluding hydrogens is 430 g/mol. The van der Waals surface area contributed by atoms with Gasteiger partial charge in [0.15, 0.2) is 11.6 Å². The molecule has 3 aromatic heterocycles. The van der Waals surface area contributed by atoms with Crippen molar-refractivity contribution in [2.45, 2.75) is 6.92 Å². The van der Waals surface area contributed by atoms with Crippen LogP contribution in [0.4, 0.5) is 5.82 Å². The minimum atomic E-state index is -0.111. The Balaban J connectivity index is 1.30. The summed E-state index contributed by atoms with van der Waals surface area (Å²) in [6.07, 6.45) is 5.19. The third-order valence-electron chi connectivity index (χ3n) is 5.50. The Kier molecular flexibility index (Phi) is 5.32. The Bertz CT molecular complexity index is 1230. The number of amides is 1. The Morgan fingerprint density at radius 2 is 1.78 bits per heavy atom. The van der Waals surface area contributed by atoms with E-state index in [1.165, 1.54) is 0 Å². The third-order valence-corrected chi connectivity index (χ3v) is 5.83. The Morgan fingerprint density at radius 1 is 1.03 bits per heavy atom. The van der Waals surface area contributed by atoms with Crippen molar-refractivity contribution in [3.05, 3.63) is 71.5 Å². The van der Waals surface area contributed by atoms with Crippen molar-refractivity contribution in [2.24, 2.45) is 0 Å². The van der Waals surface area contributed by atoms with Crippen molar-refractivity contribution < 1.29 is 9.32 Å². The normalized spacial score (nSPS) is 14.1. The first-order chi connectivity index (χ1) is 15.6. The second kappa shape index (κ2) is 8.43. The van der Waals surface area contributed by atoms with Gasteiger partial charge in [0.05, 0.1) is 5.02 Å². The van der Waals surface area contributed by atoms with Crippen LogP contribution in [0.2, 0.25) is 5.02 Å². The molecule has 1 amide bonds. The monoisotopic (exact) mass is 449 g/mol. The fraction of sp³-hybridized carbons (Fsp3) is 0.227. The average Bonchev–Trinajstić information content (AvgIpc) is 3.49. The highest BCUT2D eigenvalue weighted by atomic mass is 35.5. The van der Waals surface area contributed by atoms with Crippen molar-refractivity contribution in [3.8, 4) is 17.1 Å². The molecule has 162 valence electrons. The number of carbonyl (C=O) groups is 1. The number of carbonyl (C=O) groups excluding carboxylic acids is 1. The SMILES string of the molecule is Cc1onc(-c2ccccc2Cl)c1C(=O)N1CCN(c2ccc(-n3ccnc3)nn2)CC1. The molecule has 0 atom stereocenters. The highest BCUT2D eigenvalue weighted by Gasteiger charge is 2.29. The predicted octanol–water partition coefficient (Wildman–Crippen LogP) is 3.24. The van der Waals surface area contributed by atoms with Crippen molar-refractivity contribution in [3.63, 3.8) is 0 Å². The van der Waals surface area contributed by atoms with Crippen LogP contribution < -0.4 is 4.90 Å². The van der Waals surface area contributed by atoms with Gasteiger partial charge < -0.3 is 14.3 Å². The molecule has 1 saturated heterocycles. The van der Waals surface area contributed by atoms with Gasteiger partial charge in [0.1, 0.15) is 23.3 Å². The van der Waals surface area contributed by atoms with Gasteiger partial charge in [-0.05, 0) is 25.1 Å². The topological polar surface area (TPSA) is 93.2 Å². The van der Waals surface area contributed by atoms with Gasteiger partial charge in [-0.15, -0.1) is 10.2 Å². The fourth-order valence-corrected chi connectivity index (χ4v) is 4.00. The van der Waals surface area contributed by atoms with E-state index in [1.807, 2.05) is 41.4 Å². The molecule has 1 fully saturated rings. The molecule has 1 aliphatic rings. The van der Waals surface area contributed by atoms with Crippen LogP contribution in [0.15, 0.2) is 59.6 Å². The zero-order valence-electron chi connectivity index (χ0n) is 17.3. The molecule has 0 bridgehead atoms. The molecule has 4 heterocycles. The van der Waals surface area contributed by atoms with E-state index >= 15 is 0 Å². The van der Waals surface area contributed by atoms with E-state index in [9.17, 15) is 4.79 Å². The zero-order valence-corrected chi connectivity index (χ0v) is 18.1. The van der Waals surface area contributed by atoms with Crippen LogP contribution in [0.3, 0.4) is 0 Å². The molecule has 0 N–H and O–H groups in total. The van der Waals surface area contributed by atoms with Gasteiger partial charge in [-0.2, -0.15) is 0 Å². The molecule has 1 aliphatic heterocycles. The maximum atomic E-state index is 13.3. The van der Waals surface area contributed by atoms with E-state index in [1.54, 1.807) is 30.1 Å². The third kappa shape index (κ3) is 3.71. The van der Waals surface area contributed by atoms with Gasteiger partial charge in [-0.1, -0.05) is 35.0 Å². The fourth-order valence-electron chi connectivity index (χ4n) is 3.78. The molecule has 4 aromatic rings. The zero-order chi connectivity index (χ0) is 22.1. The van der Waals surface area contributed by atoms with Gasteiger partial charge in [0, 0.05) is 44.1 Å². The largest absolute Gasteiger partial charge is 0.360 e. The number of piperazine rings is 1. The van der Waals surface area contributed by atoms with Crippen molar-refractivity contribution in [1.29, 1.82) is 0 Å². The number of hydrogen-bond acceptors (Lipinski definition) is 7. The summed E-state index contributed by atoms with van der Waals surface area (Å²) in [5.74, 6) is 1.85. The van der Waals surface area contributed by atoms with Crippen LogP contribution in [0, 0.1) is 6.92 Å². The quantitative estimate of drug-likeness (QED) is 0.472. The first-order valence-electron chi connectivity index (χ1n) is 10.2. The number of benzene rings is 1. The Hall–Kier alpha value is -3.72. The number of aryl methyl sites for hydroxylation is 1. The summed E-state index contributed by atoms with van der Waals surface area (Å²) < 4.78 is 7.15. The average molecular weight is 450 g/mol. The predicted molar refractivity (Wildman–Crippen MR) is 119 cm³/mol. The van der Waals surface area contributed by atoms with Crippen LogP contribution in [0.1, 0.15) is 16.1 Å². The standard InChI is InChI=1S/C22H20ClN7O2/c1-15-20(21(27-32-15)16-4-2-3-5-17(16)23)22(31)29-12-10-28(11-13-29)18-6-7-19(26-25-18)30-9-8-24-14-30/h2-9,14H,10-13H2,1H3. The van der Waals surface area contributed by atoms with Gasteiger partial charge >= 0.3 is 0 Å². The lowest BCUT2D eigenvalue weighted by Crippen LogP contribution is -2.49. The van der Waals surface area contributed by atoms with Gasteiger partial charge in [0.2, 0.25) is 0 Å². The molecule has 0 spiro atoms. The molecule has 0 saturated carbocycles. The second-order valence-corrected chi connectivity index (χ2v) is 7.85. The Labute approximate surface area is 189 Å². The second-order valence-electron chi connectivity index (χ2n) is 7.44. The first-order valence-corrected chi connectivity index (χ1v) is 10.6. The molecule has 10 heteroatoms. The van der Waals surface area contributed by atoms with Crippen LogP contribution in [0.25, 0.3) is 17.1 Å². The minimum absolute atomic E-state index is 0.111. The Morgan fingerprint density at radius 3 is 2.47 bits per heavy atom. The molecule has 0 unspecified atom stereocenters. The molecule has 0 radical (unpaired) electrons. The molecule has 0 aliphatic carbocycles. The van der Waals surface area contributed by atoms with Crippen LogP contribution in [0.5, 0.6) is 0 Å². The summed E-state index contributed by atoms with van der Waals surface area (Å²) in [4.78, 5) is 21.3. The molecule has 5 rings (SSSR count). The van der Waals surface area contributed by atoms with Crippen molar-refractivity contribution >= 4 is 23.3 Å². The molecule has 1 aromatic carbocycles. The lowest BCUT2D eigenvalue weighted by atomic mass is 10.0. The summed E-state index contributed by atoms with van der Waals surface area (Å²) in [5, 5.41) is 13.3. The maximum absolute atomic E-state index is 13.3. The number of hydrogen-bond donors (Lipinski definition) is 0. The van der Waals surface area contributed by atoms with Gasteiger partial charge in [-0.3, -0.25) is 9.36 Å². The first kappa shape index (κ1) is 20.2. The number of halogens is 1. The number of nitrogens with zero attached hydrogens (tertiary/aromatic N) is 7. The summed E-state index contributed by atoms with van der Waals surface area (Å²) in [6, 6.07) is 11.1. The number of anilines is 1. The lowest BCUT2D eigenvalue weighted by molar-refractivity contribution is 0.0745. The van der Waals surface area contributed by atoms with E-state index in [-0.39, 0.29) is 5.91 Å². The number of rotatable bonds is 4. The summed E-state index contributed by atoms with van der Waals surface area (Å²) in [5.41, 5.74) is 1.61. The van der Waals surface area contributed by atoms with Crippen LogP contribution in [-0.2, 0) is 0 Å². The van der Waals surface area contributed by atoms with Crippen LogP contribution in [-0.4, -0.2) is 61.9 Å². The maximum Gasteiger partial charge on any atom is 0.259 e. The molecule has 9 nitrogen and oxygen atoms in total. The van der Waals surface area contributed by atoms with E-state index in [0.29, 0.717) is 59.6 Å². The van der Waals surface area contributed by atoms with E-state index in [4.69, 9.17) is 16.1 Å². The smallest absolute Gasteiger partial charge is 0.259 e. The van der Waals surface area contributed by atoms with Crippen molar-refractivity contribution in [2.75, 3.05) is 31.1 Å². The van der Waals surface area contributed by atoms with E-state index in [0.717, 1.165) is 5.82 Å². The van der Waals surface area contributed by atoms with E-state index < -0.39 is 0 Å². The molecule has 32 heavy (non-hydrogen) atoms. The van der Waals surface area contributed by atoms with E-state index in [2.05, 4.69) is 25.2 Å². The highest BCUT2D eigenvalue weighted by Crippen LogP contribution is 2.32. The van der Waals surface area contributed by atoms with Gasteiger partial charge in [-0.25, -0.2) is 4.98 Å². The summed E-state index contributed by atoms with van der Waals surface area (Å²) in [7, 11) is 0. The molecular formula is C22H20ClN7O2. The number of imidazole rings is 1. The van der Waals surface area contributed by atoms with Crippen LogP contribution >= 0.6 is 11.6 Å². The van der Waals surface area contributed by atoms with Crippen molar-refractivity contribution in [1.82, 2.24) is 29.8 Å². The summed E-state index contributed by atoms with van der Waals surface area (Å²) in [6.45, 7) is 4.15. The minimum Gasteiger partial charge on any atom is -0.360 e. The summed E-state index contributed by atoms with van der Waals surface area (Å²) >= 11 is 6.33. The number of aromatic nitrogens is 5. The van der Waals surface area contributed by atoms with Gasteiger partial charge in [0.25, 0.3) is 5.91 Å².